The summed E-state index contributed by atoms with van der Waals surface area (Å²) < 4.78 is 26.5. The predicted molar refractivity (Wildman–Crippen MR) is 98.5 cm³/mol. The van der Waals surface area contributed by atoms with E-state index in [4.69, 9.17) is 29.4 Å². The minimum atomic E-state index is -0.535. The molecule has 0 saturated carbocycles. The summed E-state index contributed by atoms with van der Waals surface area (Å²) in [5.41, 5.74) is 7.97. The lowest BCUT2D eigenvalue weighted by Crippen LogP contribution is -2.10. The van der Waals surface area contributed by atoms with Crippen molar-refractivity contribution in [3.05, 3.63) is 29.8 Å². The lowest BCUT2D eigenvalue weighted by Gasteiger charge is -2.18. The smallest absolute Gasteiger partial charge is 0.342 e. The molecule has 2 aromatic rings. The minimum absolute atomic E-state index is 0.222. The van der Waals surface area contributed by atoms with E-state index in [-0.39, 0.29) is 17.9 Å². The molecule has 0 bridgehead atoms. The van der Waals surface area contributed by atoms with Crippen LogP contribution in [0.2, 0.25) is 0 Å². The molecule has 0 saturated heterocycles. The van der Waals surface area contributed by atoms with E-state index in [2.05, 4.69) is 0 Å². The van der Waals surface area contributed by atoms with Crippen LogP contribution < -0.4 is 24.7 Å². The Balaban J connectivity index is 2.79. The number of methoxy groups -OCH3 is 4. The molecule has 0 radical (unpaired) electrons. The monoisotopic (exact) mass is 361 g/mol. The second-order valence-electron chi connectivity index (χ2n) is 5.24. The third-order valence-corrected chi connectivity index (χ3v) is 3.87. The zero-order valence-electron chi connectivity index (χ0n) is 15.5. The van der Waals surface area contributed by atoms with Crippen molar-refractivity contribution in [2.75, 3.05) is 40.8 Å². The largest absolute Gasteiger partial charge is 0.493 e. The van der Waals surface area contributed by atoms with Crippen LogP contribution in [0, 0.1) is 0 Å². The summed E-state index contributed by atoms with van der Waals surface area (Å²) >= 11 is 0. The van der Waals surface area contributed by atoms with E-state index in [9.17, 15) is 4.79 Å². The Morgan fingerprint density at radius 3 is 2.04 bits per heavy atom. The maximum absolute atomic E-state index is 12.6. The average molecular weight is 361 g/mol. The summed E-state index contributed by atoms with van der Waals surface area (Å²) in [6.45, 7) is 1.95. The van der Waals surface area contributed by atoms with E-state index in [0.29, 0.717) is 34.1 Å². The molecule has 0 fully saturated rings. The number of anilines is 1. The van der Waals surface area contributed by atoms with E-state index in [0.717, 1.165) is 0 Å². The van der Waals surface area contributed by atoms with Gasteiger partial charge < -0.3 is 29.4 Å². The maximum Gasteiger partial charge on any atom is 0.342 e. The Morgan fingerprint density at radius 2 is 1.50 bits per heavy atom. The van der Waals surface area contributed by atoms with E-state index < -0.39 is 5.97 Å². The Kier molecular flexibility index (Phi) is 6.16. The van der Waals surface area contributed by atoms with Crippen LogP contribution in [0.5, 0.6) is 23.0 Å². The topological polar surface area (TPSA) is 89.2 Å². The number of esters is 1. The SMILES string of the molecule is CCOC(=O)c1c(-c2cc(OC)c(OC)cc2N)ccc(OC)c1OC. The Bertz CT molecular complexity index is 803. The summed E-state index contributed by atoms with van der Waals surface area (Å²) in [5.74, 6) is 1.14. The molecular weight excluding hydrogens is 338 g/mol. The molecule has 0 unspecified atom stereocenters. The first-order chi connectivity index (χ1) is 12.5. The van der Waals surface area contributed by atoms with Gasteiger partial charge in [-0.2, -0.15) is 0 Å². The van der Waals surface area contributed by atoms with Gasteiger partial charge >= 0.3 is 5.97 Å². The van der Waals surface area contributed by atoms with Gasteiger partial charge in [0.05, 0.1) is 35.0 Å². The van der Waals surface area contributed by atoms with Crippen LogP contribution in [0.3, 0.4) is 0 Å². The molecule has 0 atom stereocenters. The van der Waals surface area contributed by atoms with Crippen molar-refractivity contribution in [2.45, 2.75) is 6.92 Å². The van der Waals surface area contributed by atoms with Crippen LogP contribution >= 0.6 is 0 Å². The zero-order chi connectivity index (χ0) is 19.3. The Labute approximate surface area is 152 Å². The van der Waals surface area contributed by atoms with Gasteiger partial charge in [0.15, 0.2) is 23.0 Å². The molecule has 0 heterocycles. The van der Waals surface area contributed by atoms with Crippen molar-refractivity contribution < 1.29 is 28.5 Å². The number of hydrogen-bond acceptors (Lipinski definition) is 7. The molecule has 2 N–H and O–H groups in total. The van der Waals surface area contributed by atoms with E-state index in [1.165, 1.54) is 28.4 Å². The molecule has 0 amide bonds. The highest BCUT2D eigenvalue weighted by molar-refractivity contribution is 6.03. The lowest BCUT2D eigenvalue weighted by atomic mass is 9.96. The molecule has 7 heteroatoms. The third kappa shape index (κ3) is 3.46. The van der Waals surface area contributed by atoms with Crippen LogP contribution in [-0.2, 0) is 4.74 Å². The van der Waals surface area contributed by atoms with E-state index in [1.54, 1.807) is 31.2 Å². The summed E-state index contributed by atoms with van der Waals surface area (Å²) in [4.78, 5) is 12.6. The van der Waals surface area contributed by atoms with Crippen molar-refractivity contribution >= 4 is 11.7 Å². The highest BCUT2D eigenvalue weighted by Gasteiger charge is 2.25. The number of nitrogen functional groups attached to an aromatic ring is 1. The minimum Gasteiger partial charge on any atom is -0.493 e. The standard InChI is InChI=1S/C19H23NO6/c1-6-26-19(21)17-11(7-8-14(22-2)18(17)25-5)12-9-15(23-3)16(24-4)10-13(12)20/h7-10H,6,20H2,1-5H3. The first-order valence-electron chi connectivity index (χ1n) is 7.96. The first-order valence-corrected chi connectivity index (χ1v) is 7.96. The zero-order valence-corrected chi connectivity index (χ0v) is 15.5. The molecular formula is C19H23NO6. The molecule has 2 aromatic carbocycles. The highest BCUT2D eigenvalue weighted by atomic mass is 16.5. The molecule has 140 valence electrons. The van der Waals surface area contributed by atoms with Crippen molar-refractivity contribution in [2.24, 2.45) is 0 Å². The number of carbonyl (C=O) groups is 1. The molecule has 0 aliphatic heterocycles. The van der Waals surface area contributed by atoms with Crippen molar-refractivity contribution in [1.82, 2.24) is 0 Å². The van der Waals surface area contributed by atoms with Gasteiger partial charge in [-0.25, -0.2) is 4.79 Å². The lowest BCUT2D eigenvalue weighted by molar-refractivity contribution is 0.0523. The summed E-state index contributed by atoms with van der Waals surface area (Å²) in [6, 6.07) is 6.77. The number of hydrogen-bond donors (Lipinski definition) is 1. The summed E-state index contributed by atoms with van der Waals surface area (Å²) in [7, 11) is 6.01. The van der Waals surface area contributed by atoms with Gasteiger partial charge in [-0.1, -0.05) is 0 Å². The van der Waals surface area contributed by atoms with Crippen LogP contribution in [0.15, 0.2) is 24.3 Å². The second-order valence-corrected chi connectivity index (χ2v) is 5.24. The second kappa shape index (κ2) is 8.33. The fourth-order valence-corrected chi connectivity index (χ4v) is 2.69. The van der Waals surface area contributed by atoms with Gasteiger partial charge in [0.1, 0.15) is 5.56 Å². The Hall–Kier alpha value is -3.09. The van der Waals surface area contributed by atoms with Crippen LogP contribution in [-0.4, -0.2) is 41.0 Å². The maximum atomic E-state index is 12.6. The summed E-state index contributed by atoms with van der Waals surface area (Å²) in [5, 5.41) is 0. The van der Waals surface area contributed by atoms with Gasteiger partial charge in [0.25, 0.3) is 0 Å². The number of rotatable bonds is 7. The van der Waals surface area contributed by atoms with Gasteiger partial charge in [0.2, 0.25) is 0 Å². The average Bonchev–Trinajstić information content (AvgIpc) is 2.66. The van der Waals surface area contributed by atoms with E-state index >= 15 is 0 Å². The molecule has 0 aliphatic rings. The van der Waals surface area contributed by atoms with Crippen LogP contribution in [0.25, 0.3) is 11.1 Å². The van der Waals surface area contributed by atoms with Crippen LogP contribution in [0.1, 0.15) is 17.3 Å². The van der Waals surface area contributed by atoms with Gasteiger partial charge in [0, 0.05) is 22.9 Å². The van der Waals surface area contributed by atoms with Crippen molar-refractivity contribution in [3.8, 4) is 34.1 Å². The molecule has 0 aromatic heterocycles. The Morgan fingerprint density at radius 1 is 0.885 bits per heavy atom. The van der Waals surface area contributed by atoms with Crippen molar-refractivity contribution in [1.29, 1.82) is 0 Å². The number of benzene rings is 2. The molecule has 2 rings (SSSR count). The molecule has 0 spiro atoms. The number of carbonyl (C=O) groups excluding carboxylic acids is 1. The fourth-order valence-electron chi connectivity index (χ4n) is 2.69. The predicted octanol–water partition coefficient (Wildman–Crippen LogP) is 3.15. The molecule has 7 nitrogen and oxygen atoms in total. The van der Waals surface area contributed by atoms with E-state index in [1.807, 2.05) is 0 Å². The van der Waals surface area contributed by atoms with Gasteiger partial charge in [-0.3, -0.25) is 0 Å². The number of ether oxygens (including phenoxy) is 5. The van der Waals surface area contributed by atoms with Gasteiger partial charge in [-0.15, -0.1) is 0 Å². The normalized spacial score (nSPS) is 10.2. The van der Waals surface area contributed by atoms with Crippen molar-refractivity contribution in [3.63, 3.8) is 0 Å². The molecule has 26 heavy (non-hydrogen) atoms. The third-order valence-electron chi connectivity index (χ3n) is 3.87. The van der Waals surface area contributed by atoms with Gasteiger partial charge in [-0.05, 0) is 25.1 Å². The molecule has 0 aliphatic carbocycles. The first kappa shape index (κ1) is 19.2. The quantitative estimate of drug-likeness (QED) is 0.598. The highest BCUT2D eigenvalue weighted by Crippen LogP contribution is 2.43. The number of nitrogens with two attached hydrogens (primary N) is 1. The van der Waals surface area contributed by atoms with Crippen LogP contribution in [0.4, 0.5) is 5.69 Å². The summed E-state index contributed by atoms with van der Waals surface area (Å²) in [6.07, 6.45) is 0. The fraction of sp³-hybridized carbons (Fsp3) is 0.316.